The van der Waals surface area contributed by atoms with Crippen molar-refractivity contribution in [2.24, 2.45) is 5.92 Å². The highest BCUT2D eigenvalue weighted by molar-refractivity contribution is 5.74. The molecule has 0 aromatic carbocycles. The summed E-state index contributed by atoms with van der Waals surface area (Å²) in [5, 5.41) is 14.5. The number of aliphatic hydroxyl groups is 1. The Balaban J connectivity index is 2.07. The first-order valence-electron chi connectivity index (χ1n) is 5.87. The maximum absolute atomic E-state index is 11.4. The van der Waals surface area contributed by atoms with Crippen LogP contribution in [0.25, 0.3) is 0 Å². The Morgan fingerprint density at radius 1 is 1.47 bits per heavy atom. The zero-order valence-corrected chi connectivity index (χ0v) is 9.46. The number of carbonyl (C=O) groups excluding carboxylic acids is 1. The molecule has 1 aliphatic carbocycles. The number of hydrogen-bond donors (Lipinski definition) is 3. The number of nitrogens with one attached hydrogen (secondary N) is 2. The van der Waals surface area contributed by atoms with Gasteiger partial charge in [0.05, 0.1) is 0 Å². The number of rotatable bonds is 5. The second kappa shape index (κ2) is 6.67. The van der Waals surface area contributed by atoms with E-state index in [4.69, 9.17) is 5.11 Å². The fourth-order valence-electron chi connectivity index (χ4n) is 1.90. The first-order chi connectivity index (χ1) is 7.22. The normalized spacial score (nSPS) is 18.8. The van der Waals surface area contributed by atoms with E-state index in [1.54, 1.807) is 0 Å². The van der Waals surface area contributed by atoms with Crippen LogP contribution in [-0.4, -0.2) is 30.3 Å². The van der Waals surface area contributed by atoms with Gasteiger partial charge in [0.25, 0.3) is 0 Å². The molecule has 4 heteroatoms. The lowest BCUT2D eigenvalue weighted by Gasteiger charge is -2.15. The van der Waals surface area contributed by atoms with Crippen molar-refractivity contribution in [3.8, 4) is 0 Å². The Labute approximate surface area is 91.4 Å². The topological polar surface area (TPSA) is 61.4 Å². The SMILES string of the molecule is CC(CCO)CNC(=O)NC1CCCC1. The first kappa shape index (κ1) is 12.3. The van der Waals surface area contributed by atoms with Gasteiger partial charge in [-0.1, -0.05) is 19.8 Å². The minimum Gasteiger partial charge on any atom is -0.396 e. The summed E-state index contributed by atoms with van der Waals surface area (Å²) in [6.07, 6.45) is 5.42. The largest absolute Gasteiger partial charge is 0.396 e. The molecular weight excluding hydrogens is 192 g/mol. The molecule has 2 amide bonds. The predicted molar refractivity (Wildman–Crippen MR) is 59.7 cm³/mol. The van der Waals surface area contributed by atoms with E-state index < -0.39 is 0 Å². The molecule has 1 saturated carbocycles. The molecule has 3 N–H and O–H groups in total. The van der Waals surface area contributed by atoms with Crippen molar-refractivity contribution < 1.29 is 9.90 Å². The molecule has 1 fully saturated rings. The highest BCUT2D eigenvalue weighted by Crippen LogP contribution is 2.17. The van der Waals surface area contributed by atoms with Crippen molar-refractivity contribution in [2.45, 2.75) is 45.1 Å². The third-order valence-electron chi connectivity index (χ3n) is 2.92. The van der Waals surface area contributed by atoms with Crippen LogP contribution in [0.3, 0.4) is 0 Å². The van der Waals surface area contributed by atoms with Gasteiger partial charge in [-0.25, -0.2) is 4.79 Å². The molecule has 0 heterocycles. The van der Waals surface area contributed by atoms with Gasteiger partial charge in [0, 0.05) is 19.2 Å². The molecule has 1 atom stereocenters. The third kappa shape index (κ3) is 5.02. The molecule has 0 spiro atoms. The van der Waals surface area contributed by atoms with Crippen LogP contribution in [0.1, 0.15) is 39.0 Å². The number of hydrogen-bond acceptors (Lipinski definition) is 2. The van der Waals surface area contributed by atoms with Gasteiger partial charge < -0.3 is 15.7 Å². The summed E-state index contributed by atoms with van der Waals surface area (Å²) in [6.45, 7) is 2.85. The van der Waals surface area contributed by atoms with Gasteiger partial charge in [0.1, 0.15) is 0 Å². The lowest BCUT2D eigenvalue weighted by Crippen LogP contribution is -2.42. The number of carbonyl (C=O) groups is 1. The summed E-state index contributed by atoms with van der Waals surface area (Å²) in [7, 11) is 0. The van der Waals surface area contributed by atoms with E-state index in [0.717, 1.165) is 19.3 Å². The Hall–Kier alpha value is -0.770. The summed E-state index contributed by atoms with van der Waals surface area (Å²) in [6, 6.07) is 0.310. The highest BCUT2D eigenvalue weighted by atomic mass is 16.3. The average Bonchev–Trinajstić information content (AvgIpc) is 2.68. The van der Waals surface area contributed by atoms with Crippen molar-refractivity contribution >= 4 is 6.03 Å². The second-order valence-electron chi connectivity index (χ2n) is 4.45. The molecule has 1 aliphatic rings. The van der Waals surface area contributed by atoms with Crippen molar-refractivity contribution in [2.75, 3.05) is 13.2 Å². The van der Waals surface area contributed by atoms with E-state index in [2.05, 4.69) is 10.6 Å². The zero-order chi connectivity index (χ0) is 11.1. The van der Waals surface area contributed by atoms with E-state index in [1.165, 1.54) is 12.8 Å². The molecule has 0 saturated heterocycles. The smallest absolute Gasteiger partial charge is 0.315 e. The molecule has 15 heavy (non-hydrogen) atoms. The van der Waals surface area contributed by atoms with Gasteiger partial charge in [0.2, 0.25) is 0 Å². The molecule has 0 radical (unpaired) electrons. The van der Waals surface area contributed by atoms with Gasteiger partial charge in [-0.15, -0.1) is 0 Å². The summed E-state index contributed by atoms with van der Waals surface area (Å²) >= 11 is 0. The average molecular weight is 214 g/mol. The molecule has 4 nitrogen and oxygen atoms in total. The van der Waals surface area contributed by atoms with Crippen LogP contribution in [0.2, 0.25) is 0 Å². The lowest BCUT2D eigenvalue weighted by molar-refractivity contribution is 0.230. The van der Waals surface area contributed by atoms with Crippen molar-refractivity contribution in [3.63, 3.8) is 0 Å². The van der Waals surface area contributed by atoms with Crippen LogP contribution in [0.4, 0.5) is 4.79 Å². The van der Waals surface area contributed by atoms with Crippen molar-refractivity contribution in [1.29, 1.82) is 0 Å². The van der Waals surface area contributed by atoms with E-state index in [-0.39, 0.29) is 12.6 Å². The van der Waals surface area contributed by atoms with Gasteiger partial charge in [-0.05, 0) is 25.2 Å². The second-order valence-corrected chi connectivity index (χ2v) is 4.45. The van der Waals surface area contributed by atoms with Crippen LogP contribution in [0, 0.1) is 5.92 Å². The highest BCUT2D eigenvalue weighted by Gasteiger charge is 2.16. The number of amides is 2. The molecule has 0 aromatic rings. The van der Waals surface area contributed by atoms with E-state index >= 15 is 0 Å². The summed E-state index contributed by atoms with van der Waals surface area (Å²) in [4.78, 5) is 11.4. The number of urea groups is 1. The standard InChI is InChI=1S/C11H22N2O2/c1-9(6-7-14)8-12-11(15)13-10-4-2-3-5-10/h9-10,14H,2-8H2,1H3,(H2,12,13,15). The molecule has 1 rings (SSSR count). The first-order valence-corrected chi connectivity index (χ1v) is 5.87. The minimum absolute atomic E-state index is 0.0633. The van der Waals surface area contributed by atoms with E-state index in [0.29, 0.717) is 18.5 Å². The third-order valence-corrected chi connectivity index (χ3v) is 2.92. The van der Waals surface area contributed by atoms with Crippen molar-refractivity contribution in [3.05, 3.63) is 0 Å². The Bertz CT molecular complexity index is 191. The van der Waals surface area contributed by atoms with Crippen LogP contribution < -0.4 is 10.6 Å². The molecule has 0 bridgehead atoms. The molecule has 88 valence electrons. The predicted octanol–water partition coefficient (Wildman–Crippen LogP) is 1.25. The Kier molecular flexibility index (Phi) is 5.47. The van der Waals surface area contributed by atoms with Gasteiger partial charge in [0.15, 0.2) is 0 Å². The molecule has 1 unspecified atom stereocenters. The fourth-order valence-corrected chi connectivity index (χ4v) is 1.90. The Morgan fingerprint density at radius 3 is 2.73 bits per heavy atom. The maximum atomic E-state index is 11.4. The quantitative estimate of drug-likeness (QED) is 0.645. The Morgan fingerprint density at radius 2 is 2.13 bits per heavy atom. The van der Waals surface area contributed by atoms with Crippen LogP contribution in [0.15, 0.2) is 0 Å². The van der Waals surface area contributed by atoms with E-state index in [1.807, 2.05) is 6.92 Å². The maximum Gasteiger partial charge on any atom is 0.315 e. The lowest BCUT2D eigenvalue weighted by atomic mass is 10.1. The van der Waals surface area contributed by atoms with Crippen molar-refractivity contribution in [1.82, 2.24) is 10.6 Å². The van der Waals surface area contributed by atoms with E-state index in [9.17, 15) is 4.79 Å². The minimum atomic E-state index is -0.0633. The molecule has 0 aliphatic heterocycles. The van der Waals surface area contributed by atoms with Crippen LogP contribution in [-0.2, 0) is 0 Å². The van der Waals surface area contributed by atoms with Crippen LogP contribution in [0.5, 0.6) is 0 Å². The monoisotopic (exact) mass is 214 g/mol. The summed E-state index contributed by atoms with van der Waals surface area (Å²) in [5.41, 5.74) is 0. The van der Waals surface area contributed by atoms with Gasteiger partial charge >= 0.3 is 6.03 Å². The van der Waals surface area contributed by atoms with Gasteiger partial charge in [-0.2, -0.15) is 0 Å². The van der Waals surface area contributed by atoms with Crippen LogP contribution >= 0.6 is 0 Å². The molecule has 0 aromatic heterocycles. The summed E-state index contributed by atoms with van der Waals surface area (Å²) in [5.74, 6) is 0.337. The zero-order valence-electron chi connectivity index (χ0n) is 9.46. The summed E-state index contributed by atoms with van der Waals surface area (Å²) < 4.78 is 0. The fraction of sp³-hybridized carbons (Fsp3) is 0.909. The van der Waals surface area contributed by atoms with Gasteiger partial charge in [-0.3, -0.25) is 0 Å². The molecular formula is C11H22N2O2. The number of aliphatic hydroxyl groups excluding tert-OH is 1.